The molecular weight excluding hydrogens is 459 g/mol. The topological polar surface area (TPSA) is 84.5 Å². The van der Waals surface area contributed by atoms with E-state index in [4.69, 9.17) is 0 Å². The summed E-state index contributed by atoms with van der Waals surface area (Å²) in [5.41, 5.74) is -3.04. The Morgan fingerprint density at radius 1 is 1.17 bits per heavy atom. The monoisotopic (exact) mass is 483 g/mol. The van der Waals surface area contributed by atoms with E-state index in [0.717, 1.165) is 11.1 Å². The predicted octanol–water partition coefficient (Wildman–Crippen LogP) is 3.53. The number of alkyl halides is 3. The summed E-state index contributed by atoms with van der Waals surface area (Å²) >= 11 is 0. The number of pyridine rings is 1. The zero-order chi connectivity index (χ0) is 24.8. The summed E-state index contributed by atoms with van der Waals surface area (Å²) < 4.78 is 49.8. The fraction of sp³-hybridized carbons (Fsp3) is 0.320. The number of halogens is 3. The molecule has 0 unspecified atom stereocenters. The lowest BCUT2D eigenvalue weighted by molar-refractivity contribution is -0.149. The summed E-state index contributed by atoms with van der Waals surface area (Å²) in [7, 11) is 1.79. The third kappa shape index (κ3) is 4.07. The third-order valence-electron chi connectivity index (χ3n) is 6.65. The van der Waals surface area contributed by atoms with Crippen molar-refractivity contribution in [3.05, 3.63) is 78.5 Å². The van der Waals surface area contributed by atoms with Gasteiger partial charge < -0.3 is 14.8 Å². The first-order valence-corrected chi connectivity index (χ1v) is 11.2. The highest BCUT2D eigenvalue weighted by Crippen LogP contribution is 2.47. The van der Waals surface area contributed by atoms with Crippen LogP contribution in [0.1, 0.15) is 28.9 Å². The number of carbonyl (C=O) groups excluding carboxylic acids is 1. The molecule has 1 amide bonds. The number of aryl methyl sites for hydroxylation is 1. The molecule has 1 aliphatic rings. The minimum Gasteiger partial charge on any atom is -0.386 e. The Morgan fingerprint density at radius 2 is 1.94 bits per heavy atom. The molecular formula is C25H24F3N5O2. The number of fused-ring (bicyclic) bond motifs is 1. The molecule has 1 fully saturated rings. The Morgan fingerprint density at radius 3 is 2.66 bits per heavy atom. The third-order valence-corrected chi connectivity index (χ3v) is 6.65. The second kappa shape index (κ2) is 8.53. The number of aliphatic hydroxyl groups is 1. The summed E-state index contributed by atoms with van der Waals surface area (Å²) in [6.07, 6.45) is 0.673. The average Bonchev–Trinajstić information content (AvgIpc) is 3.50. The lowest BCUT2D eigenvalue weighted by atomic mass is 9.73. The van der Waals surface area contributed by atoms with Gasteiger partial charge in [0.1, 0.15) is 11.8 Å². The summed E-state index contributed by atoms with van der Waals surface area (Å²) in [5, 5.41) is 17.1. The molecule has 7 nitrogen and oxygen atoms in total. The number of aromatic nitrogens is 4. The van der Waals surface area contributed by atoms with E-state index in [2.05, 4.69) is 15.4 Å². The van der Waals surface area contributed by atoms with Crippen molar-refractivity contribution in [3.8, 4) is 11.1 Å². The zero-order valence-corrected chi connectivity index (χ0v) is 18.9. The SMILES string of the molecule is Cn1cc(-c2ccn3cc([C@]4(F)CC[C@@](F)(CNC(=O)c5ccccc5)[C@H](F)[C@H]4O)nc3c2)cn1. The van der Waals surface area contributed by atoms with Crippen LogP contribution in [0, 0.1) is 0 Å². The standard InChI is InChI=1S/C25H24F3N5O2/c1-32-13-18(12-30-32)17-7-10-33-14-19(31-20(33)11-17)25(28)9-8-24(27,21(26)22(25)34)15-29-23(35)16-5-3-2-4-6-16/h2-7,10-14,21-22,34H,8-9,15H2,1H3,(H,29,35)/t21-,22-,24-,25-/m1/s1. The maximum atomic E-state index is 16.0. The smallest absolute Gasteiger partial charge is 0.251 e. The lowest BCUT2D eigenvalue weighted by Gasteiger charge is -2.43. The first-order chi connectivity index (χ1) is 16.7. The number of nitrogens with zero attached hydrogens (tertiary/aromatic N) is 4. The maximum absolute atomic E-state index is 16.0. The maximum Gasteiger partial charge on any atom is 0.251 e. The minimum absolute atomic E-state index is 0.175. The molecule has 0 saturated heterocycles. The average molecular weight is 483 g/mol. The van der Waals surface area contributed by atoms with Gasteiger partial charge in [0.15, 0.2) is 17.5 Å². The van der Waals surface area contributed by atoms with Gasteiger partial charge in [-0.25, -0.2) is 18.2 Å². The molecule has 1 aliphatic carbocycles. The Kier molecular flexibility index (Phi) is 5.63. The number of aliphatic hydroxyl groups excluding tert-OH is 1. The van der Waals surface area contributed by atoms with E-state index in [-0.39, 0.29) is 11.3 Å². The fourth-order valence-corrected chi connectivity index (χ4v) is 4.51. The molecule has 3 aromatic heterocycles. The van der Waals surface area contributed by atoms with Gasteiger partial charge in [-0.15, -0.1) is 0 Å². The van der Waals surface area contributed by atoms with Crippen LogP contribution in [-0.4, -0.2) is 54.7 Å². The highest BCUT2D eigenvalue weighted by Gasteiger charge is 2.59. The molecule has 0 bridgehead atoms. The molecule has 5 rings (SSSR count). The number of hydrogen-bond donors (Lipinski definition) is 2. The van der Waals surface area contributed by atoms with Crippen molar-refractivity contribution in [2.75, 3.05) is 6.54 Å². The molecule has 4 aromatic rings. The molecule has 0 radical (unpaired) electrons. The van der Waals surface area contributed by atoms with E-state index < -0.39 is 48.9 Å². The van der Waals surface area contributed by atoms with Crippen LogP contribution in [0.15, 0.2) is 67.3 Å². The highest BCUT2D eigenvalue weighted by molar-refractivity contribution is 5.94. The van der Waals surface area contributed by atoms with Crippen LogP contribution in [0.25, 0.3) is 16.8 Å². The molecule has 1 aromatic carbocycles. The number of amides is 1. The van der Waals surface area contributed by atoms with E-state index in [1.165, 1.54) is 6.20 Å². The molecule has 3 heterocycles. The van der Waals surface area contributed by atoms with Gasteiger partial charge in [-0.05, 0) is 42.7 Å². The van der Waals surface area contributed by atoms with Gasteiger partial charge in [-0.2, -0.15) is 5.10 Å². The van der Waals surface area contributed by atoms with Crippen molar-refractivity contribution < 1.29 is 23.1 Å². The normalized spacial score (nSPS) is 26.7. The highest BCUT2D eigenvalue weighted by atomic mass is 19.2. The fourth-order valence-electron chi connectivity index (χ4n) is 4.51. The van der Waals surface area contributed by atoms with E-state index in [9.17, 15) is 9.90 Å². The second-order valence-corrected chi connectivity index (χ2v) is 9.00. The molecule has 10 heteroatoms. The summed E-state index contributed by atoms with van der Waals surface area (Å²) in [6, 6.07) is 11.6. The van der Waals surface area contributed by atoms with Gasteiger partial charge >= 0.3 is 0 Å². The summed E-state index contributed by atoms with van der Waals surface area (Å²) in [6.45, 7) is -0.686. The van der Waals surface area contributed by atoms with Crippen LogP contribution in [-0.2, 0) is 12.7 Å². The summed E-state index contributed by atoms with van der Waals surface area (Å²) in [5.74, 6) is -0.578. The molecule has 2 N–H and O–H groups in total. The molecule has 0 spiro atoms. The predicted molar refractivity (Wildman–Crippen MR) is 123 cm³/mol. The van der Waals surface area contributed by atoms with Crippen molar-refractivity contribution in [3.63, 3.8) is 0 Å². The summed E-state index contributed by atoms with van der Waals surface area (Å²) in [4.78, 5) is 16.5. The van der Waals surface area contributed by atoms with Gasteiger partial charge in [0.25, 0.3) is 5.91 Å². The second-order valence-electron chi connectivity index (χ2n) is 9.00. The number of nitrogens with one attached hydrogen (secondary N) is 1. The van der Waals surface area contributed by atoms with Gasteiger partial charge in [0.05, 0.1) is 18.4 Å². The number of rotatable bonds is 5. The van der Waals surface area contributed by atoms with E-state index in [0.29, 0.717) is 5.65 Å². The van der Waals surface area contributed by atoms with Crippen molar-refractivity contribution in [1.29, 1.82) is 0 Å². The largest absolute Gasteiger partial charge is 0.386 e. The molecule has 0 aliphatic heterocycles. The van der Waals surface area contributed by atoms with Gasteiger partial charge in [-0.1, -0.05) is 18.2 Å². The minimum atomic E-state index is -2.62. The van der Waals surface area contributed by atoms with E-state index in [1.807, 2.05) is 6.20 Å². The van der Waals surface area contributed by atoms with Crippen molar-refractivity contribution in [2.45, 2.75) is 36.5 Å². The number of benzene rings is 1. The van der Waals surface area contributed by atoms with Gasteiger partial charge in [-0.3, -0.25) is 9.48 Å². The van der Waals surface area contributed by atoms with E-state index in [1.54, 1.807) is 71.0 Å². The Bertz CT molecular complexity index is 1370. The molecule has 4 atom stereocenters. The lowest BCUT2D eigenvalue weighted by Crippen LogP contribution is -2.60. The zero-order valence-electron chi connectivity index (χ0n) is 18.9. The Labute approximate surface area is 199 Å². The first-order valence-electron chi connectivity index (χ1n) is 11.2. The van der Waals surface area contributed by atoms with Crippen molar-refractivity contribution >= 4 is 11.6 Å². The van der Waals surface area contributed by atoms with Gasteiger partial charge in [0, 0.05) is 36.8 Å². The van der Waals surface area contributed by atoms with E-state index >= 15 is 13.2 Å². The van der Waals surface area contributed by atoms with Crippen LogP contribution < -0.4 is 5.32 Å². The number of carbonyl (C=O) groups is 1. The van der Waals surface area contributed by atoms with Crippen LogP contribution in [0.2, 0.25) is 0 Å². The molecule has 182 valence electrons. The van der Waals surface area contributed by atoms with Crippen LogP contribution in [0.5, 0.6) is 0 Å². The van der Waals surface area contributed by atoms with Crippen molar-refractivity contribution in [1.82, 2.24) is 24.5 Å². The van der Waals surface area contributed by atoms with Crippen molar-refractivity contribution in [2.24, 2.45) is 7.05 Å². The number of hydrogen-bond acceptors (Lipinski definition) is 4. The first kappa shape index (κ1) is 23.1. The molecule has 35 heavy (non-hydrogen) atoms. The Balaban J connectivity index is 1.35. The van der Waals surface area contributed by atoms with Crippen LogP contribution >= 0.6 is 0 Å². The number of imidazole rings is 1. The Hall–Kier alpha value is -3.66. The van der Waals surface area contributed by atoms with Crippen LogP contribution in [0.3, 0.4) is 0 Å². The molecule has 1 saturated carbocycles. The quantitative estimate of drug-likeness (QED) is 0.455. The van der Waals surface area contributed by atoms with Gasteiger partial charge in [0.2, 0.25) is 0 Å². The van der Waals surface area contributed by atoms with Crippen LogP contribution in [0.4, 0.5) is 13.2 Å².